The Morgan fingerprint density at radius 2 is 1.76 bits per heavy atom. The first-order valence-corrected chi connectivity index (χ1v) is 14.4. The second kappa shape index (κ2) is 11.5. The van der Waals surface area contributed by atoms with E-state index in [0.717, 1.165) is 48.6 Å². The summed E-state index contributed by atoms with van der Waals surface area (Å²) in [6.45, 7) is 0.860. The molecule has 2 amide bonds. The number of benzene rings is 2. The number of thioether (sulfide) groups is 1. The SMILES string of the molecule is O=C1S/C(=C/c2cc(I)c(OCc3ccc(Cl)cc3Cl)c(I)c2)C(=O)N1CC1CCCCC1. The number of ether oxygens (including phenoxy) is 1. The summed E-state index contributed by atoms with van der Waals surface area (Å²) in [5.41, 5.74) is 1.72. The molecule has 1 heterocycles. The molecule has 1 saturated heterocycles. The maximum atomic E-state index is 12.9. The molecule has 2 aliphatic rings. The van der Waals surface area contributed by atoms with Gasteiger partial charge in [-0.1, -0.05) is 48.5 Å². The Hall–Kier alpha value is -0.490. The van der Waals surface area contributed by atoms with Crippen LogP contribution < -0.4 is 4.74 Å². The summed E-state index contributed by atoms with van der Waals surface area (Å²) >= 11 is 17.7. The Balaban J connectivity index is 1.47. The minimum absolute atomic E-state index is 0.166. The predicted molar refractivity (Wildman–Crippen MR) is 152 cm³/mol. The van der Waals surface area contributed by atoms with Gasteiger partial charge in [0, 0.05) is 22.2 Å². The van der Waals surface area contributed by atoms with Crippen molar-refractivity contribution in [1.82, 2.24) is 4.90 Å². The number of amides is 2. The maximum Gasteiger partial charge on any atom is 0.293 e. The molecule has 2 aromatic carbocycles. The van der Waals surface area contributed by atoms with Crippen LogP contribution in [0, 0.1) is 13.1 Å². The first-order chi connectivity index (χ1) is 15.8. The normalized spacial score (nSPS) is 18.4. The highest BCUT2D eigenvalue weighted by molar-refractivity contribution is 14.1. The third kappa shape index (κ3) is 6.39. The molecule has 4 nitrogen and oxygen atoms in total. The molecule has 2 aromatic rings. The third-order valence-electron chi connectivity index (χ3n) is 5.74. The van der Waals surface area contributed by atoms with E-state index in [1.54, 1.807) is 18.2 Å². The second-order valence-electron chi connectivity index (χ2n) is 8.13. The van der Waals surface area contributed by atoms with Gasteiger partial charge in [-0.3, -0.25) is 14.5 Å². The van der Waals surface area contributed by atoms with Crippen molar-refractivity contribution in [2.24, 2.45) is 5.92 Å². The lowest BCUT2D eigenvalue weighted by Gasteiger charge is -2.25. The Morgan fingerprint density at radius 1 is 1.06 bits per heavy atom. The summed E-state index contributed by atoms with van der Waals surface area (Å²) < 4.78 is 7.87. The number of hydrogen-bond acceptors (Lipinski definition) is 4. The lowest BCUT2D eigenvalue weighted by molar-refractivity contribution is -0.123. The summed E-state index contributed by atoms with van der Waals surface area (Å²) in [7, 11) is 0. The van der Waals surface area contributed by atoms with Gasteiger partial charge in [-0.2, -0.15) is 0 Å². The van der Waals surface area contributed by atoms with Gasteiger partial charge in [0.25, 0.3) is 11.1 Å². The summed E-state index contributed by atoms with van der Waals surface area (Å²) in [6, 6.07) is 9.24. The Kier molecular flexibility index (Phi) is 8.92. The third-order valence-corrected chi connectivity index (χ3v) is 8.84. The van der Waals surface area contributed by atoms with E-state index in [0.29, 0.717) is 34.0 Å². The number of halogens is 4. The molecule has 0 atom stereocenters. The van der Waals surface area contributed by atoms with E-state index < -0.39 is 0 Å². The smallest absolute Gasteiger partial charge is 0.293 e. The molecule has 33 heavy (non-hydrogen) atoms. The molecule has 0 unspecified atom stereocenters. The van der Waals surface area contributed by atoms with Crippen LogP contribution in [-0.2, 0) is 11.4 Å². The van der Waals surface area contributed by atoms with Crippen molar-refractivity contribution < 1.29 is 14.3 Å². The minimum Gasteiger partial charge on any atom is -0.487 e. The van der Waals surface area contributed by atoms with E-state index in [-0.39, 0.29) is 11.1 Å². The van der Waals surface area contributed by atoms with Crippen LogP contribution in [0.1, 0.15) is 43.2 Å². The highest BCUT2D eigenvalue weighted by atomic mass is 127. The lowest BCUT2D eigenvalue weighted by Crippen LogP contribution is -2.34. The van der Waals surface area contributed by atoms with Gasteiger partial charge >= 0.3 is 0 Å². The number of hydrogen-bond donors (Lipinski definition) is 0. The summed E-state index contributed by atoms with van der Waals surface area (Å²) in [6.07, 6.45) is 7.62. The van der Waals surface area contributed by atoms with Gasteiger partial charge in [0.1, 0.15) is 12.4 Å². The first-order valence-electron chi connectivity index (χ1n) is 10.6. The number of rotatable bonds is 6. The van der Waals surface area contributed by atoms with E-state index >= 15 is 0 Å². The van der Waals surface area contributed by atoms with Crippen molar-refractivity contribution in [3.05, 3.63) is 63.5 Å². The number of carbonyl (C=O) groups is 2. The van der Waals surface area contributed by atoms with E-state index in [2.05, 4.69) is 45.2 Å². The van der Waals surface area contributed by atoms with Gasteiger partial charge in [-0.25, -0.2) is 0 Å². The summed E-state index contributed by atoms with van der Waals surface area (Å²) in [5.74, 6) is 1.00. The lowest BCUT2D eigenvalue weighted by atomic mass is 9.89. The summed E-state index contributed by atoms with van der Waals surface area (Å²) in [4.78, 5) is 27.3. The van der Waals surface area contributed by atoms with Gasteiger partial charge < -0.3 is 4.74 Å². The average molecular weight is 728 g/mol. The molecule has 1 saturated carbocycles. The highest BCUT2D eigenvalue weighted by Crippen LogP contribution is 2.37. The molecule has 0 bridgehead atoms. The zero-order valence-corrected chi connectivity index (χ0v) is 24.2. The van der Waals surface area contributed by atoms with Crippen LogP contribution in [0.3, 0.4) is 0 Å². The molecule has 0 radical (unpaired) electrons. The highest BCUT2D eigenvalue weighted by Gasteiger charge is 2.36. The van der Waals surface area contributed by atoms with Crippen LogP contribution in [-0.4, -0.2) is 22.6 Å². The van der Waals surface area contributed by atoms with E-state index in [4.69, 9.17) is 27.9 Å². The van der Waals surface area contributed by atoms with Crippen LogP contribution in [0.25, 0.3) is 6.08 Å². The Morgan fingerprint density at radius 3 is 2.42 bits per heavy atom. The minimum atomic E-state index is -0.182. The molecule has 9 heteroatoms. The van der Waals surface area contributed by atoms with Crippen LogP contribution in [0.5, 0.6) is 5.75 Å². The van der Waals surface area contributed by atoms with E-state index in [1.165, 1.54) is 24.2 Å². The zero-order chi connectivity index (χ0) is 23.5. The Bertz CT molecular complexity index is 1100. The van der Waals surface area contributed by atoms with Gasteiger partial charge in [0.15, 0.2) is 0 Å². The van der Waals surface area contributed by atoms with E-state index in [1.807, 2.05) is 18.2 Å². The van der Waals surface area contributed by atoms with Gasteiger partial charge in [-0.05, 0) is 112 Å². The number of nitrogens with zero attached hydrogens (tertiary/aromatic N) is 1. The molecule has 0 N–H and O–H groups in total. The van der Waals surface area contributed by atoms with Gasteiger partial charge in [0.05, 0.1) is 12.0 Å². The summed E-state index contributed by atoms with van der Waals surface area (Å²) in [5, 5.41) is 0.981. The van der Waals surface area contributed by atoms with Crippen molar-refractivity contribution in [2.45, 2.75) is 38.7 Å². The molecule has 4 rings (SSSR count). The fraction of sp³-hybridized carbons (Fsp3) is 0.333. The van der Waals surface area contributed by atoms with Gasteiger partial charge in [-0.15, -0.1) is 0 Å². The molecule has 1 aliphatic carbocycles. The van der Waals surface area contributed by atoms with Crippen molar-refractivity contribution >= 4 is 97.4 Å². The average Bonchev–Trinajstić information content (AvgIpc) is 3.02. The quantitative estimate of drug-likeness (QED) is 0.222. The molecule has 174 valence electrons. The standard InChI is InChI=1S/C24H21Cl2I2NO3S/c25-17-7-6-16(18(26)11-17)13-32-22-19(27)8-15(9-20(22)28)10-21-23(30)29(24(31)33-21)12-14-4-2-1-3-5-14/h6-11,14H,1-5,12-13H2/b21-10+. The maximum absolute atomic E-state index is 12.9. The second-order valence-corrected chi connectivity index (χ2v) is 12.3. The molecular formula is C24H21Cl2I2NO3S. The topological polar surface area (TPSA) is 46.6 Å². The number of carbonyl (C=O) groups excluding carboxylic acids is 2. The van der Waals surface area contributed by atoms with Crippen molar-refractivity contribution in [3.63, 3.8) is 0 Å². The van der Waals surface area contributed by atoms with Crippen LogP contribution in [0.4, 0.5) is 4.79 Å². The van der Waals surface area contributed by atoms with Crippen molar-refractivity contribution in [3.8, 4) is 5.75 Å². The molecule has 2 fully saturated rings. The van der Waals surface area contributed by atoms with Crippen molar-refractivity contribution in [2.75, 3.05) is 6.54 Å². The predicted octanol–water partition coefficient (Wildman–Crippen LogP) is 8.40. The molecule has 1 aliphatic heterocycles. The van der Waals surface area contributed by atoms with Crippen LogP contribution >= 0.6 is 80.1 Å². The monoisotopic (exact) mass is 727 g/mol. The fourth-order valence-electron chi connectivity index (χ4n) is 4.03. The van der Waals surface area contributed by atoms with Crippen LogP contribution in [0.15, 0.2) is 35.2 Å². The largest absolute Gasteiger partial charge is 0.487 e. The van der Waals surface area contributed by atoms with Crippen LogP contribution in [0.2, 0.25) is 10.0 Å². The molecular weight excluding hydrogens is 707 g/mol. The fourth-order valence-corrected chi connectivity index (χ4v) is 7.47. The molecule has 0 spiro atoms. The molecule has 0 aromatic heterocycles. The first kappa shape index (κ1) is 25.6. The zero-order valence-electron chi connectivity index (χ0n) is 17.6. The van der Waals surface area contributed by atoms with Gasteiger partial charge in [0.2, 0.25) is 0 Å². The Labute approximate surface area is 235 Å². The van der Waals surface area contributed by atoms with E-state index in [9.17, 15) is 9.59 Å². The number of imide groups is 1. The van der Waals surface area contributed by atoms with Crippen molar-refractivity contribution in [1.29, 1.82) is 0 Å².